The lowest BCUT2D eigenvalue weighted by Crippen LogP contribution is -2.57. The van der Waals surface area contributed by atoms with E-state index in [0.29, 0.717) is 0 Å². The molecule has 1 saturated heterocycles. The summed E-state index contributed by atoms with van der Waals surface area (Å²) in [6.45, 7) is 8.28. The van der Waals surface area contributed by atoms with Gasteiger partial charge in [0.2, 0.25) is 0 Å². The zero-order valence-electron chi connectivity index (χ0n) is 18.7. The second-order valence-corrected chi connectivity index (χ2v) is 8.79. The van der Waals surface area contributed by atoms with E-state index >= 15 is 0 Å². The number of hydrogen-bond acceptors (Lipinski definition) is 3. The van der Waals surface area contributed by atoms with Crippen LogP contribution in [0.1, 0.15) is 76.7 Å². The molecule has 0 N–H and O–H groups in total. The number of quaternary nitrogens is 1. The fourth-order valence-corrected chi connectivity index (χ4v) is 4.24. The lowest BCUT2D eigenvalue weighted by Gasteiger charge is -2.43. The van der Waals surface area contributed by atoms with Crippen molar-refractivity contribution in [2.75, 3.05) is 44.7 Å². The predicted molar refractivity (Wildman–Crippen MR) is 133 cm³/mol. The fraction of sp³-hybridized carbons (Fsp3) is 0.708. The van der Waals surface area contributed by atoms with Gasteiger partial charge in [-0.05, 0) is 30.5 Å². The summed E-state index contributed by atoms with van der Waals surface area (Å²) < 4.78 is 1.22. The molecule has 0 aromatic heterocycles. The molecule has 1 aliphatic rings. The van der Waals surface area contributed by atoms with Crippen LogP contribution < -0.4 is 4.90 Å². The van der Waals surface area contributed by atoms with Gasteiger partial charge in [-0.2, -0.15) is 0 Å². The third kappa shape index (κ3) is 9.99. The van der Waals surface area contributed by atoms with Crippen LogP contribution in [0.15, 0.2) is 29.4 Å². The second kappa shape index (κ2) is 14.8. The van der Waals surface area contributed by atoms with Crippen molar-refractivity contribution in [3.63, 3.8) is 0 Å². The quantitative estimate of drug-likeness (QED) is 0.146. The van der Waals surface area contributed by atoms with Crippen molar-refractivity contribution in [3.8, 4) is 0 Å². The van der Waals surface area contributed by atoms with Crippen LogP contribution >= 0.6 is 17.0 Å². The molecule has 1 aromatic rings. The molecule has 0 aliphatic carbocycles. The first-order valence-electron chi connectivity index (χ1n) is 11.5. The Labute approximate surface area is 189 Å². The molecule has 0 unspecified atom stereocenters. The highest BCUT2D eigenvalue weighted by Gasteiger charge is 2.28. The van der Waals surface area contributed by atoms with Gasteiger partial charge in [-0.1, -0.05) is 70.4 Å². The van der Waals surface area contributed by atoms with E-state index in [9.17, 15) is 5.21 Å². The van der Waals surface area contributed by atoms with Gasteiger partial charge in [0, 0.05) is 11.9 Å². The summed E-state index contributed by atoms with van der Waals surface area (Å²) in [4.78, 5) is 2.47. The number of piperazine rings is 1. The average molecular weight is 469 g/mol. The summed E-state index contributed by atoms with van der Waals surface area (Å²) in [6, 6.07) is 8.16. The Hall–Kier alpha value is -1.07. The van der Waals surface area contributed by atoms with Gasteiger partial charge in [-0.3, -0.25) is 0 Å². The van der Waals surface area contributed by atoms with E-state index in [-0.39, 0.29) is 17.0 Å². The van der Waals surface area contributed by atoms with Crippen LogP contribution in [0.4, 0.5) is 5.69 Å². The van der Waals surface area contributed by atoms with Crippen molar-refractivity contribution >= 4 is 28.9 Å². The van der Waals surface area contributed by atoms with E-state index in [1.165, 1.54) is 100 Å². The molecule has 1 aromatic carbocycles. The molecule has 29 heavy (non-hydrogen) atoms. The van der Waals surface area contributed by atoms with Crippen LogP contribution in [0.3, 0.4) is 0 Å². The lowest BCUT2D eigenvalue weighted by molar-refractivity contribution is -0.910. The van der Waals surface area contributed by atoms with E-state index in [2.05, 4.69) is 36.2 Å². The standard InChI is InChI=1S/C24H41N3O.BrH/c1-3-4-5-6-7-8-9-10-11-12-19-27(2)20-17-26(18-21-27)24-15-13-23(14-16-24)22-25-28;/h13-16,22H,3-12,17-21H2,1-2H3;1H/b25-22+;. The fourth-order valence-electron chi connectivity index (χ4n) is 4.24. The maximum Gasteiger partial charge on any atom is 0.0963 e. The zero-order chi connectivity index (χ0) is 20.1. The van der Waals surface area contributed by atoms with Gasteiger partial charge < -0.3 is 19.7 Å². The number of benzene rings is 1. The topological polar surface area (TPSA) is 38.7 Å². The zero-order valence-corrected chi connectivity index (χ0v) is 20.4. The minimum absolute atomic E-state index is 0. The maximum absolute atomic E-state index is 10.3. The highest BCUT2D eigenvalue weighted by atomic mass is 79.9. The average Bonchev–Trinajstić information content (AvgIpc) is 2.71. The molecule has 166 valence electrons. The number of hydrogen-bond donors (Lipinski definition) is 0. The number of nitrogens with zero attached hydrogens (tertiary/aromatic N) is 3. The van der Waals surface area contributed by atoms with Crippen molar-refractivity contribution < 1.29 is 4.48 Å². The maximum atomic E-state index is 10.3. The molecular formula is C24H42BrN3O. The number of rotatable bonds is 13. The van der Waals surface area contributed by atoms with Gasteiger partial charge in [0.1, 0.15) is 0 Å². The third-order valence-electron chi connectivity index (χ3n) is 6.33. The first-order valence-corrected chi connectivity index (χ1v) is 11.5. The number of halogens is 1. The molecule has 0 saturated carbocycles. The second-order valence-electron chi connectivity index (χ2n) is 8.79. The van der Waals surface area contributed by atoms with Crippen molar-refractivity contribution in [2.45, 2.75) is 71.1 Å². The monoisotopic (exact) mass is 467 g/mol. The number of likely N-dealkylation sites (N-methyl/N-ethyl adjacent to an activating group) is 1. The van der Waals surface area contributed by atoms with Gasteiger partial charge in [-0.25, -0.2) is 0 Å². The predicted octanol–water partition coefficient (Wildman–Crippen LogP) is 6.37. The van der Waals surface area contributed by atoms with Crippen molar-refractivity contribution in [1.82, 2.24) is 0 Å². The molecule has 0 amide bonds. The van der Waals surface area contributed by atoms with E-state index in [0.717, 1.165) is 18.7 Å². The molecule has 1 aliphatic heterocycles. The van der Waals surface area contributed by atoms with Crippen molar-refractivity contribution in [3.05, 3.63) is 35.0 Å². The van der Waals surface area contributed by atoms with Gasteiger partial charge >= 0.3 is 0 Å². The van der Waals surface area contributed by atoms with Gasteiger partial charge in [-0.15, -0.1) is 17.0 Å². The molecule has 1 fully saturated rings. The largest absolute Gasteiger partial charge is 0.792 e. The molecule has 0 spiro atoms. The molecule has 0 atom stereocenters. The molecule has 2 rings (SSSR count). The Morgan fingerprint density at radius 2 is 1.41 bits per heavy atom. The van der Waals surface area contributed by atoms with Crippen LogP contribution in [0.5, 0.6) is 0 Å². The van der Waals surface area contributed by atoms with E-state index in [4.69, 9.17) is 0 Å². The Morgan fingerprint density at radius 3 is 1.93 bits per heavy atom. The highest BCUT2D eigenvalue weighted by Crippen LogP contribution is 2.20. The lowest BCUT2D eigenvalue weighted by atomic mass is 10.1. The Kier molecular flexibility index (Phi) is 13.3. The van der Waals surface area contributed by atoms with E-state index in [1.807, 2.05) is 12.1 Å². The summed E-state index contributed by atoms with van der Waals surface area (Å²) in [5.74, 6) is 0. The molecule has 0 bridgehead atoms. The Morgan fingerprint density at radius 1 is 0.897 bits per heavy atom. The van der Waals surface area contributed by atoms with Crippen LogP contribution in [0.2, 0.25) is 0 Å². The summed E-state index contributed by atoms with van der Waals surface area (Å²) in [5, 5.41) is 13.2. The highest BCUT2D eigenvalue weighted by molar-refractivity contribution is 8.93. The number of unbranched alkanes of at least 4 members (excludes halogenated alkanes) is 9. The minimum atomic E-state index is 0. The molecule has 0 radical (unpaired) electrons. The smallest absolute Gasteiger partial charge is 0.0963 e. The third-order valence-corrected chi connectivity index (χ3v) is 6.33. The van der Waals surface area contributed by atoms with Gasteiger partial charge in [0.15, 0.2) is 0 Å². The van der Waals surface area contributed by atoms with Crippen molar-refractivity contribution in [2.24, 2.45) is 5.16 Å². The Bertz CT molecular complexity index is 554. The first-order chi connectivity index (χ1) is 13.7. The molecular weight excluding hydrogens is 426 g/mol. The molecule has 5 heteroatoms. The molecule has 1 heterocycles. The minimum Gasteiger partial charge on any atom is -0.792 e. The van der Waals surface area contributed by atoms with Crippen LogP contribution in [0, 0.1) is 5.21 Å². The normalized spacial score (nSPS) is 16.1. The summed E-state index contributed by atoms with van der Waals surface area (Å²) in [7, 11) is 2.43. The SMILES string of the molecule is Br.CCCCCCCCCCCC[N+]1(C)CCN(c2ccc(/C=N/[O-])cc2)CC1. The first kappa shape index (κ1) is 26.0. The van der Waals surface area contributed by atoms with Crippen molar-refractivity contribution in [1.29, 1.82) is 0 Å². The van der Waals surface area contributed by atoms with E-state index in [1.54, 1.807) is 0 Å². The van der Waals surface area contributed by atoms with Gasteiger partial charge in [0.05, 0.1) is 39.8 Å². The van der Waals surface area contributed by atoms with Crippen LogP contribution in [-0.4, -0.2) is 50.5 Å². The van der Waals surface area contributed by atoms with Crippen LogP contribution in [-0.2, 0) is 0 Å². The summed E-state index contributed by atoms with van der Waals surface area (Å²) >= 11 is 0. The van der Waals surface area contributed by atoms with Crippen LogP contribution in [0.25, 0.3) is 0 Å². The summed E-state index contributed by atoms with van der Waals surface area (Å²) in [5.41, 5.74) is 2.13. The Balaban J connectivity index is 0.00000420. The summed E-state index contributed by atoms with van der Waals surface area (Å²) in [6.07, 6.45) is 15.5. The van der Waals surface area contributed by atoms with Gasteiger partial charge in [0.25, 0.3) is 0 Å². The molecule has 4 nitrogen and oxygen atoms in total. The van der Waals surface area contributed by atoms with E-state index < -0.39 is 0 Å². The number of anilines is 1.